The second kappa shape index (κ2) is 12.7. The third-order valence-electron chi connectivity index (χ3n) is 11.5. The molecule has 0 bridgehead atoms. The zero-order chi connectivity index (χ0) is 26.4. The Balaban J connectivity index is 4.04. The van der Waals surface area contributed by atoms with Crippen LogP contribution in [0.4, 0.5) is 0 Å². The quantitative estimate of drug-likeness (QED) is 0.204. The highest BCUT2D eigenvalue weighted by Crippen LogP contribution is 2.53. The van der Waals surface area contributed by atoms with Gasteiger partial charge < -0.3 is 4.43 Å². The Morgan fingerprint density at radius 2 is 0.971 bits per heavy atom. The van der Waals surface area contributed by atoms with Gasteiger partial charge in [-0.15, -0.1) is 0 Å². The van der Waals surface area contributed by atoms with E-state index >= 15 is 0 Å². The molecule has 0 aromatic carbocycles. The summed E-state index contributed by atoms with van der Waals surface area (Å²) < 4.78 is 7.75. The van der Waals surface area contributed by atoms with E-state index in [9.17, 15) is 4.79 Å². The molecular weight excluding hydrogens is 481 g/mol. The SMILES string of the molecule is CC[Si](CC)(CC)[Si](OC(=O)[C@@H]1CCC[C@H]1C(C)(C)C)([Si](CC)(CC)CC)[Si](CC)(CC)CC. The van der Waals surface area contributed by atoms with Crippen LogP contribution in [-0.4, -0.2) is 35.6 Å². The van der Waals surface area contributed by atoms with Crippen LogP contribution in [0, 0.1) is 17.3 Å². The van der Waals surface area contributed by atoms with Gasteiger partial charge in [-0.2, -0.15) is 0 Å². The molecule has 2 nitrogen and oxygen atoms in total. The molecule has 0 heterocycles. The molecular formula is C28H62O2Si4. The van der Waals surface area contributed by atoms with Crippen molar-refractivity contribution in [2.75, 3.05) is 0 Å². The van der Waals surface area contributed by atoms with Gasteiger partial charge in [0.25, 0.3) is 5.97 Å². The number of hydrogen-bond donors (Lipinski definition) is 0. The van der Waals surface area contributed by atoms with Gasteiger partial charge in [-0.3, -0.25) is 4.79 Å². The van der Waals surface area contributed by atoms with Crippen molar-refractivity contribution in [1.29, 1.82) is 0 Å². The van der Waals surface area contributed by atoms with Gasteiger partial charge in [0.05, 0.1) is 28.7 Å². The van der Waals surface area contributed by atoms with Crippen molar-refractivity contribution in [2.24, 2.45) is 17.3 Å². The summed E-state index contributed by atoms with van der Waals surface area (Å²) >= 11 is 0. The normalized spacial score (nSPS) is 20.6. The molecule has 2 atom stereocenters. The molecule has 1 fully saturated rings. The predicted molar refractivity (Wildman–Crippen MR) is 164 cm³/mol. The van der Waals surface area contributed by atoms with Gasteiger partial charge in [0.15, 0.2) is 0 Å². The molecule has 1 saturated carbocycles. The second-order valence-corrected chi connectivity index (χ2v) is 48.6. The van der Waals surface area contributed by atoms with E-state index in [4.69, 9.17) is 4.43 Å². The molecule has 0 radical (unpaired) electrons. The van der Waals surface area contributed by atoms with Crippen molar-refractivity contribution in [3.05, 3.63) is 0 Å². The highest BCUT2D eigenvalue weighted by Gasteiger charge is 2.74. The van der Waals surface area contributed by atoms with Crippen LogP contribution in [-0.2, 0) is 9.22 Å². The molecule has 0 amide bonds. The summed E-state index contributed by atoms with van der Waals surface area (Å²) in [5.41, 5.74) is 0.183. The molecule has 0 N–H and O–H groups in total. The molecule has 1 aliphatic carbocycles. The lowest BCUT2D eigenvalue weighted by Gasteiger charge is -2.63. The van der Waals surface area contributed by atoms with Gasteiger partial charge in [-0.1, -0.05) is 144 Å². The van der Waals surface area contributed by atoms with Crippen molar-refractivity contribution >= 4 is 35.6 Å². The maximum absolute atomic E-state index is 14.6. The van der Waals surface area contributed by atoms with Crippen LogP contribution in [0.1, 0.15) is 102 Å². The van der Waals surface area contributed by atoms with Crippen molar-refractivity contribution in [1.82, 2.24) is 0 Å². The van der Waals surface area contributed by atoms with Crippen molar-refractivity contribution < 1.29 is 9.22 Å². The van der Waals surface area contributed by atoms with E-state index in [0.717, 1.165) is 6.42 Å². The number of rotatable bonds is 14. The Kier molecular flexibility index (Phi) is 12.1. The molecule has 1 rings (SSSR count). The first-order chi connectivity index (χ1) is 15.9. The van der Waals surface area contributed by atoms with E-state index < -0.39 is 29.6 Å². The van der Waals surface area contributed by atoms with E-state index in [1.807, 2.05) is 0 Å². The van der Waals surface area contributed by atoms with Crippen LogP contribution in [0.3, 0.4) is 0 Å². The topological polar surface area (TPSA) is 26.3 Å². The third-order valence-corrected chi connectivity index (χ3v) is 81.2. The standard InChI is InChI=1S/C28H62O2Si4/c1-13-31(14-2,15-3)34(32(16-4,17-5)18-6,33(19-7,20-8)21-9)30-27(29)25-23-22-24-26(25)28(10,11)12/h25-26H,13-24H2,1-12H3/t25-,26-/m1/s1. The van der Waals surface area contributed by atoms with E-state index in [2.05, 4.69) is 83.1 Å². The Labute approximate surface area is 218 Å². The highest BCUT2D eigenvalue weighted by molar-refractivity contribution is 7.88. The lowest BCUT2D eigenvalue weighted by atomic mass is 9.75. The van der Waals surface area contributed by atoms with Gasteiger partial charge in [0.1, 0.15) is 0 Å². The lowest BCUT2D eigenvalue weighted by Crippen LogP contribution is -2.90. The van der Waals surface area contributed by atoms with E-state index in [-0.39, 0.29) is 17.3 Å². The number of hydrogen-bond acceptors (Lipinski definition) is 2. The predicted octanol–water partition coefficient (Wildman–Crippen LogP) is 9.70. The van der Waals surface area contributed by atoms with E-state index in [0.29, 0.717) is 5.92 Å². The molecule has 0 aromatic rings. The lowest BCUT2D eigenvalue weighted by molar-refractivity contribution is -0.141. The summed E-state index contributed by atoms with van der Waals surface area (Å²) in [6.07, 6.45) is 3.46. The third kappa shape index (κ3) is 5.05. The second-order valence-electron chi connectivity index (χ2n) is 12.6. The van der Waals surface area contributed by atoms with Crippen LogP contribution in [0.5, 0.6) is 0 Å². The van der Waals surface area contributed by atoms with Crippen molar-refractivity contribution in [3.63, 3.8) is 0 Å². The van der Waals surface area contributed by atoms with Gasteiger partial charge in [-0.25, -0.2) is 0 Å². The first-order valence-corrected chi connectivity index (χ1v) is 27.9. The Bertz CT molecular complexity index is 556. The molecule has 0 saturated heterocycles. The summed E-state index contributed by atoms with van der Waals surface area (Å²) in [7, 11) is -5.27. The van der Waals surface area contributed by atoms with Crippen LogP contribution in [0.2, 0.25) is 54.4 Å². The van der Waals surface area contributed by atoms with Crippen LogP contribution < -0.4 is 0 Å². The molecule has 0 spiro atoms. The largest absolute Gasteiger partial charge is 0.527 e. The molecule has 34 heavy (non-hydrogen) atoms. The zero-order valence-electron chi connectivity index (χ0n) is 25.5. The maximum Gasteiger partial charge on any atom is 0.295 e. The van der Waals surface area contributed by atoms with E-state index in [1.54, 1.807) is 0 Å². The fourth-order valence-electron chi connectivity index (χ4n) is 9.01. The highest BCUT2D eigenvalue weighted by atomic mass is 29.9. The molecule has 6 heteroatoms. The zero-order valence-corrected chi connectivity index (χ0v) is 29.5. The molecule has 0 aliphatic heterocycles. The summed E-state index contributed by atoms with van der Waals surface area (Å²) in [5, 5.41) is 0. The smallest absolute Gasteiger partial charge is 0.295 e. The minimum absolute atomic E-state index is 0.138. The van der Waals surface area contributed by atoms with Crippen molar-refractivity contribution in [3.8, 4) is 0 Å². The van der Waals surface area contributed by atoms with Gasteiger partial charge >= 0.3 is 0 Å². The Morgan fingerprint density at radius 3 is 1.24 bits per heavy atom. The van der Waals surface area contributed by atoms with Gasteiger partial charge in [-0.05, 0) is 24.2 Å². The fourth-order valence-corrected chi connectivity index (χ4v) is 108. The Hall–Kier alpha value is 0.338. The van der Waals surface area contributed by atoms with Gasteiger partial charge in [0, 0.05) is 0 Å². The molecule has 1 aliphatic rings. The summed E-state index contributed by atoms with van der Waals surface area (Å²) in [5.74, 6) is 0.906. The minimum atomic E-state index is -2.29. The summed E-state index contributed by atoms with van der Waals surface area (Å²) in [6.45, 7) is 27.3. The van der Waals surface area contributed by atoms with Crippen molar-refractivity contribution in [2.45, 2.75) is 157 Å². The summed E-state index contributed by atoms with van der Waals surface area (Å²) in [6, 6.07) is 12.0. The monoisotopic (exact) mass is 542 g/mol. The van der Waals surface area contributed by atoms with E-state index in [1.165, 1.54) is 67.2 Å². The molecule has 202 valence electrons. The Morgan fingerprint density at radius 1 is 0.647 bits per heavy atom. The minimum Gasteiger partial charge on any atom is -0.527 e. The average molecular weight is 543 g/mol. The fraction of sp³-hybridized carbons (Fsp3) is 0.964. The van der Waals surface area contributed by atoms with Crippen LogP contribution in [0.15, 0.2) is 0 Å². The maximum atomic E-state index is 14.6. The first-order valence-electron chi connectivity index (χ1n) is 15.1. The number of carbonyl (C=O) groups is 1. The first kappa shape index (κ1) is 32.4. The van der Waals surface area contributed by atoms with Gasteiger partial charge in [0.2, 0.25) is 6.87 Å². The molecule has 0 aromatic heterocycles. The average Bonchev–Trinajstić information content (AvgIpc) is 3.34. The molecule has 0 unspecified atom stereocenters. The van der Waals surface area contributed by atoms with Crippen LogP contribution >= 0.6 is 0 Å². The van der Waals surface area contributed by atoms with Crippen LogP contribution in [0.25, 0.3) is 0 Å². The summed E-state index contributed by atoms with van der Waals surface area (Å²) in [4.78, 5) is 14.6. The number of carbonyl (C=O) groups excluding carboxylic acids is 1.